The fraction of sp³-hybridized carbons (Fsp3) is 0.125. The third kappa shape index (κ3) is 2.41. The Morgan fingerprint density at radius 2 is 2.00 bits per heavy atom. The molecule has 0 saturated heterocycles. The Balaban J connectivity index is 2.28. The summed E-state index contributed by atoms with van der Waals surface area (Å²) >= 11 is 0. The van der Waals surface area contributed by atoms with E-state index in [0.29, 0.717) is 5.56 Å². The van der Waals surface area contributed by atoms with Crippen molar-refractivity contribution in [2.45, 2.75) is 12.5 Å². The van der Waals surface area contributed by atoms with Crippen LogP contribution in [0.5, 0.6) is 11.5 Å². The van der Waals surface area contributed by atoms with Crippen molar-refractivity contribution in [1.82, 2.24) is 0 Å². The van der Waals surface area contributed by atoms with Crippen LogP contribution in [-0.2, 0) is 6.61 Å². The molecule has 0 aliphatic carbocycles. The number of aliphatic hydroxyl groups is 1. The van der Waals surface area contributed by atoms with Gasteiger partial charge in [-0.2, -0.15) is 5.26 Å². The Hall–Kier alpha value is -3.24. The second kappa shape index (κ2) is 5.51. The van der Waals surface area contributed by atoms with Crippen LogP contribution in [0.2, 0.25) is 0 Å². The summed E-state index contributed by atoms with van der Waals surface area (Å²) < 4.78 is 10.8. The number of ether oxygens (including phenoxy) is 1. The number of fused-ring (bicyclic) bond motifs is 1. The topological polar surface area (TPSA) is 130 Å². The molecule has 1 atom stereocenters. The molecule has 23 heavy (non-hydrogen) atoms. The molecule has 0 spiro atoms. The van der Waals surface area contributed by atoms with E-state index in [4.69, 9.17) is 14.9 Å². The van der Waals surface area contributed by atoms with Gasteiger partial charge in [-0.25, -0.2) is 0 Å². The average Bonchev–Trinajstić information content (AvgIpc) is 2.55. The van der Waals surface area contributed by atoms with Gasteiger partial charge in [0.15, 0.2) is 5.76 Å². The molecular weight excluding hydrogens is 300 g/mol. The molecule has 1 aliphatic rings. The number of phenolic OH excluding ortho intramolecular Hbond substituents is 1. The average molecular weight is 312 g/mol. The van der Waals surface area contributed by atoms with Crippen molar-refractivity contribution in [3.8, 4) is 17.6 Å². The number of hydrogen-bond acceptors (Lipinski definition) is 7. The van der Waals surface area contributed by atoms with Gasteiger partial charge in [0, 0.05) is 6.07 Å². The smallest absolute Gasteiger partial charge is 0.228 e. The lowest BCUT2D eigenvalue weighted by molar-refractivity contribution is 0.231. The maximum absolute atomic E-state index is 12.1. The molecule has 0 amide bonds. The number of aliphatic hydroxyl groups excluding tert-OH is 1. The van der Waals surface area contributed by atoms with Crippen molar-refractivity contribution in [2.75, 3.05) is 0 Å². The van der Waals surface area contributed by atoms with E-state index in [1.165, 1.54) is 12.1 Å². The minimum Gasteiger partial charge on any atom is -0.508 e. The summed E-state index contributed by atoms with van der Waals surface area (Å²) in [7, 11) is 0. The van der Waals surface area contributed by atoms with Crippen LogP contribution in [0.4, 0.5) is 0 Å². The first-order chi connectivity index (χ1) is 11.0. The van der Waals surface area contributed by atoms with Crippen LogP contribution in [-0.4, -0.2) is 10.2 Å². The SMILES string of the molecule is N#CC1=C(N)Oc2c(oc(CO)cc2=O)[C@@H]1c1ccc(O)cc1. The van der Waals surface area contributed by atoms with Gasteiger partial charge in [-0.3, -0.25) is 4.79 Å². The van der Waals surface area contributed by atoms with Crippen LogP contribution in [0.25, 0.3) is 0 Å². The maximum Gasteiger partial charge on any atom is 0.228 e. The highest BCUT2D eigenvalue weighted by Gasteiger charge is 2.35. The van der Waals surface area contributed by atoms with E-state index in [1.807, 2.05) is 6.07 Å². The molecule has 7 nitrogen and oxygen atoms in total. The first-order valence-electron chi connectivity index (χ1n) is 6.69. The second-order valence-corrected chi connectivity index (χ2v) is 4.94. The van der Waals surface area contributed by atoms with Gasteiger partial charge in [-0.15, -0.1) is 0 Å². The Bertz CT molecular complexity index is 890. The van der Waals surface area contributed by atoms with Crippen LogP contribution < -0.4 is 15.9 Å². The molecule has 0 bridgehead atoms. The highest BCUT2D eigenvalue weighted by atomic mass is 16.5. The van der Waals surface area contributed by atoms with Crippen molar-refractivity contribution >= 4 is 0 Å². The van der Waals surface area contributed by atoms with Gasteiger partial charge in [-0.05, 0) is 17.7 Å². The molecule has 1 aliphatic heterocycles. The molecule has 0 fully saturated rings. The summed E-state index contributed by atoms with van der Waals surface area (Å²) in [6.45, 7) is -0.466. The highest BCUT2D eigenvalue weighted by Crippen LogP contribution is 2.41. The van der Waals surface area contributed by atoms with Gasteiger partial charge >= 0.3 is 0 Å². The number of hydrogen-bond donors (Lipinski definition) is 3. The zero-order valence-corrected chi connectivity index (χ0v) is 11.8. The second-order valence-electron chi connectivity index (χ2n) is 4.94. The number of rotatable bonds is 2. The summed E-state index contributed by atoms with van der Waals surface area (Å²) in [4.78, 5) is 12.1. The van der Waals surface area contributed by atoms with Crippen molar-refractivity contribution < 1.29 is 19.4 Å². The van der Waals surface area contributed by atoms with Crippen LogP contribution in [0.3, 0.4) is 0 Å². The molecule has 2 heterocycles. The van der Waals surface area contributed by atoms with Gasteiger partial charge in [0.25, 0.3) is 0 Å². The number of nitrogens with zero attached hydrogens (tertiary/aromatic N) is 1. The number of benzene rings is 1. The largest absolute Gasteiger partial charge is 0.508 e. The Kier molecular flexibility index (Phi) is 3.52. The van der Waals surface area contributed by atoms with E-state index in [1.54, 1.807) is 12.1 Å². The van der Waals surface area contributed by atoms with Crippen LogP contribution >= 0.6 is 0 Å². The molecule has 0 unspecified atom stereocenters. The lowest BCUT2D eigenvalue weighted by Gasteiger charge is -2.24. The molecule has 2 aromatic rings. The number of nitriles is 1. The Morgan fingerprint density at radius 3 is 2.61 bits per heavy atom. The van der Waals surface area contributed by atoms with Crippen LogP contribution in [0.15, 0.2) is 51.0 Å². The quantitative estimate of drug-likeness (QED) is 0.755. The first-order valence-corrected chi connectivity index (χ1v) is 6.69. The highest BCUT2D eigenvalue weighted by molar-refractivity contribution is 5.52. The van der Waals surface area contributed by atoms with Crippen molar-refractivity contribution in [1.29, 1.82) is 5.26 Å². The summed E-state index contributed by atoms with van der Waals surface area (Å²) in [5.41, 5.74) is 5.93. The Morgan fingerprint density at radius 1 is 1.30 bits per heavy atom. The molecule has 0 saturated carbocycles. The third-order valence-electron chi connectivity index (χ3n) is 3.51. The van der Waals surface area contributed by atoms with E-state index in [2.05, 4.69) is 0 Å². The van der Waals surface area contributed by atoms with E-state index < -0.39 is 18.0 Å². The minimum atomic E-state index is -0.761. The van der Waals surface area contributed by atoms with Crippen molar-refractivity contribution in [2.24, 2.45) is 5.73 Å². The maximum atomic E-state index is 12.1. The summed E-state index contributed by atoms with van der Waals surface area (Å²) in [5.74, 6) is -0.846. The molecule has 0 radical (unpaired) electrons. The van der Waals surface area contributed by atoms with Gasteiger partial charge in [0.1, 0.15) is 29.8 Å². The van der Waals surface area contributed by atoms with Crippen molar-refractivity contribution in [3.63, 3.8) is 0 Å². The fourth-order valence-corrected chi connectivity index (χ4v) is 2.46. The first kappa shape index (κ1) is 14.7. The number of allylic oxidation sites excluding steroid dienone is 1. The zero-order valence-electron chi connectivity index (χ0n) is 11.8. The molecule has 1 aromatic carbocycles. The third-order valence-corrected chi connectivity index (χ3v) is 3.51. The zero-order chi connectivity index (χ0) is 16.6. The van der Waals surface area contributed by atoms with Gasteiger partial charge < -0.3 is 25.1 Å². The number of phenols is 1. The van der Waals surface area contributed by atoms with Gasteiger partial charge in [0.2, 0.25) is 17.1 Å². The number of nitrogens with two attached hydrogens (primary N) is 1. The van der Waals surface area contributed by atoms with Gasteiger partial charge in [-0.1, -0.05) is 12.1 Å². The normalized spacial score (nSPS) is 16.4. The van der Waals surface area contributed by atoms with Crippen LogP contribution in [0, 0.1) is 11.3 Å². The lowest BCUT2D eigenvalue weighted by atomic mass is 9.87. The predicted octanol–water partition coefficient (Wildman–Crippen LogP) is 1.06. The molecule has 116 valence electrons. The molecule has 4 N–H and O–H groups in total. The minimum absolute atomic E-state index is 0.0545. The monoisotopic (exact) mass is 312 g/mol. The summed E-state index contributed by atoms with van der Waals surface area (Å²) in [6.07, 6.45) is 0. The molecule has 7 heteroatoms. The lowest BCUT2D eigenvalue weighted by Crippen LogP contribution is -2.25. The van der Waals surface area contributed by atoms with E-state index >= 15 is 0 Å². The van der Waals surface area contributed by atoms with E-state index in [-0.39, 0.29) is 34.5 Å². The van der Waals surface area contributed by atoms with E-state index in [9.17, 15) is 20.3 Å². The fourth-order valence-electron chi connectivity index (χ4n) is 2.46. The number of aromatic hydroxyl groups is 1. The summed E-state index contributed by atoms with van der Waals surface area (Å²) in [5, 5.41) is 28.0. The standard InChI is InChI=1S/C16H12N2O5/c17-6-11-13(8-1-3-9(20)4-2-8)15-14(23-16(11)18)12(21)5-10(7-19)22-15/h1-5,13,19-20H,7,18H2/t13-/m1/s1. The van der Waals surface area contributed by atoms with Gasteiger partial charge in [0.05, 0.1) is 5.92 Å². The predicted molar refractivity (Wildman–Crippen MR) is 78.3 cm³/mol. The van der Waals surface area contributed by atoms with E-state index in [0.717, 1.165) is 6.07 Å². The molecular formula is C16H12N2O5. The Labute approximate surface area is 130 Å². The van der Waals surface area contributed by atoms with Crippen molar-refractivity contribution in [3.05, 3.63) is 69.1 Å². The van der Waals surface area contributed by atoms with Crippen LogP contribution in [0.1, 0.15) is 23.0 Å². The summed E-state index contributed by atoms with van der Waals surface area (Å²) in [6, 6.07) is 9.14. The molecule has 3 rings (SSSR count). The molecule has 1 aromatic heterocycles.